The Balaban J connectivity index is 2.24. The number of rotatable bonds is 2. The fourth-order valence-electron chi connectivity index (χ4n) is 1.85. The fraction of sp³-hybridized carbons (Fsp3) is 0.500. The van der Waals surface area contributed by atoms with Gasteiger partial charge in [-0.05, 0) is 12.8 Å². The lowest BCUT2D eigenvalue weighted by molar-refractivity contribution is -0.119. The van der Waals surface area contributed by atoms with Crippen molar-refractivity contribution in [2.45, 2.75) is 19.3 Å². The zero-order valence-electron chi connectivity index (χ0n) is 8.06. The third kappa shape index (κ3) is 1.36. The maximum absolute atomic E-state index is 11.8. The van der Waals surface area contributed by atoms with Crippen molar-refractivity contribution in [1.29, 1.82) is 0 Å². The van der Waals surface area contributed by atoms with Crippen molar-refractivity contribution in [3.8, 4) is 0 Å². The Hall–Kier alpha value is -1.45. The van der Waals surface area contributed by atoms with Gasteiger partial charge in [0.2, 0.25) is 5.78 Å². The lowest BCUT2D eigenvalue weighted by Gasteiger charge is -2.05. The van der Waals surface area contributed by atoms with Gasteiger partial charge in [0.1, 0.15) is 5.78 Å². The number of imidazole rings is 1. The second-order valence-corrected chi connectivity index (χ2v) is 3.64. The molecule has 1 aliphatic carbocycles. The number of nitrogens with zero attached hydrogens (tertiary/aromatic N) is 2. The average Bonchev–Trinajstić information content (AvgIpc) is 2.73. The predicted octanol–water partition coefficient (Wildman–Crippen LogP) is 0.972. The standard InChI is InChI=1S/C10H12N2O2/c1-12-6-5-11-10(12)9(14)7-3-2-4-8(7)13/h5-7H,2-4H2,1H3. The van der Waals surface area contributed by atoms with E-state index in [-0.39, 0.29) is 11.6 Å². The molecule has 0 aliphatic heterocycles. The van der Waals surface area contributed by atoms with Crippen LogP contribution in [0.25, 0.3) is 0 Å². The van der Waals surface area contributed by atoms with E-state index in [4.69, 9.17) is 0 Å². The second-order valence-electron chi connectivity index (χ2n) is 3.64. The van der Waals surface area contributed by atoms with E-state index < -0.39 is 5.92 Å². The van der Waals surface area contributed by atoms with Gasteiger partial charge >= 0.3 is 0 Å². The first kappa shape index (κ1) is 9.12. The molecule has 1 unspecified atom stereocenters. The van der Waals surface area contributed by atoms with Gasteiger partial charge in [0.25, 0.3) is 0 Å². The van der Waals surface area contributed by atoms with Crippen LogP contribution in [0.2, 0.25) is 0 Å². The first-order chi connectivity index (χ1) is 6.70. The van der Waals surface area contributed by atoms with Crippen LogP contribution < -0.4 is 0 Å². The van der Waals surface area contributed by atoms with E-state index >= 15 is 0 Å². The highest BCUT2D eigenvalue weighted by atomic mass is 16.2. The molecule has 14 heavy (non-hydrogen) atoms. The van der Waals surface area contributed by atoms with Crippen molar-refractivity contribution < 1.29 is 9.59 Å². The molecule has 1 aromatic rings. The van der Waals surface area contributed by atoms with Gasteiger partial charge in [-0.25, -0.2) is 4.98 Å². The lowest BCUT2D eigenvalue weighted by Crippen LogP contribution is -2.21. The molecule has 1 atom stereocenters. The van der Waals surface area contributed by atoms with Gasteiger partial charge in [-0.15, -0.1) is 0 Å². The molecule has 0 amide bonds. The molecular weight excluding hydrogens is 180 g/mol. The third-order valence-electron chi connectivity index (χ3n) is 2.66. The normalized spacial score (nSPS) is 21.5. The molecule has 1 heterocycles. The van der Waals surface area contributed by atoms with E-state index in [1.807, 2.05) is 0 Å². The number of aromatic nitrogens is 2. The van der Waals surface area contributed by atoms with Crippen molar-refractivity contribution in [3.05, 3.63) is 18.2 Å². The highest BCUT2D eigenvalue weighted by Crippen LogP contribution is 2.24. The molecule has 1 fully saturated rings. The van der Waals surface area contributed by atoms with E-state index in [1.165, 1.54) is 0 Å². The fourth-order valence-corrected chi connectivity index (χ4v) is 1.85. The minimum Gasteiger partial charge on any atom is -0.332 e. The van der Waals surface area contributed by atoms with Crippen molar-refractivity contribution in [1.82, 2.24) is 9.55 Å². The van der Waals surface area contributed by atoms with Gasteiger partial charge < -0.3 is 4.57 Å². The third-order valence-corrected chi connectivity index (χ3v) is 2.66. The van der Waals surface area contributed by atoms with Crippen LogP contribution in [-0.4, -0.2) is 21.1 Å². The Morgan fingerprint density at radius 1 is 1.64 bits per heavy atom. The summed E-state index contributed by atoms with van der Waals surface area (Å²) in [6.45, 7) is 0. The number of carbonyl (C=O) groups is 2. The summed E-state index contributed by atoms with van der Waals surface area (Å²) in [7, 11) is 1.76. The topological polar surface area (TPSA) is 52.0 Å². The quantitative estimate of drug-likeness (QED) is 0.518. The second kappa shape index (κ2) is 3.36. The van der Waals surface area contributed by atoms with Crippen LogP contribution in [0.4, 0.5) is 0 Å². The van der Waals surface area contributed by atoms with E-state index in [9.17, 15) is 9.59 Å². The number of aryl methyl sites for hydroxylation is 1. The molecule has 0 radical (unpaired) electrons. The van der Waals surface area contributed by atoms with Crippen LogP contribution in [0.15, 0.2) is 12.4 Å². The Morgan fingerprint density at radius 3 is 2.93 bits per heavy atom. The van der Waals surface area contributed by atoms with Gasteiger partial charge in [-0.3, -0.25) is 9.59 Å². The SMILES string of the molecule is Cn1ccnc1C(=O)C1CCCC1=O. The van der Waals surface area contributed by atoms with E-state index in [0.29, 0.717) is 18.7 Å². The Kier molecular flexibility index (Phi) is 2.19. The van der Waals surface area contributed by atoms with Gasteiger partial charge in [-0.1, -0.05) is 0 Å². The molecule has 0 saturated heterocycles. The summed E-state index contributed by atoms with van der Waals surface area (Å²) >= 11 is 0. The molecule has 1 aromatic heterocycles. The molecule has 2 rings (SSSR count). The van der Waals surface area contributed by atoms with Gasteiger partial charge in [0, 0.05) is 25.9 Å². The van der Waals surface area contributed by atoms with Crippen LogP contribution in [-0.2, 0) is 11.8 Å². The Bertz CT molecular complexity index is 381. The summed E-state index contributed by atoms with van der Waals surface area (Å²) in [6, 6.07) is 0. The molecule has 0 spiro atoms. The van der Waals surface area contributed by atoms with Gasteiger partial charge in [0.15, 0.2) is 5.82 Å². The number of carbonyl (C=O) groups excluding carboxylic acids is 2. The number of ketones is 2. The predicted molar refractivity (Wildman–Crippen MR) is 49.9 cm³/mol. The molecule has 1 aliphatic rings. The van der Waals surface area contributed by atoms with Crippen molar-refractivity contribution in [2.75, 3.05) is 0 Å². The van der Waals surface area contributed by atoms with Crippen molar-refractivity contribution >= 4 is 11.6 Å². The zero-order chi connectivity index (χ0) is 10.1. The summed E-state index contributed by atoms with van der Waals surface area (Å²) in [5, 5.41) is 0. The molecule has 4 heteroatoms. The highest BCUT2D eigenvalue weighted by Gasteiger charge is 2.33. The maximum Gasteiger partial charge on any atom is 0.208 e. The minimum atomic E-state index is -0.434. The van der Waals surface area contributed by atoms with Crippen LogP contribution in [0.1, 0.15) is 29.9 Å². The molecule has 1 saturated carbocycles. The van der Waals surface area contributed by atoms with Crippen LogP contribution in [0.3, 0.4) is 0 Å². The average molecular weight is 192 g/mol. The van der Waals surface area contributed by atoms with Crippen LogP contribution in [0.5, 0.6) is 0 Å². The number of Topliss-reactive ketones (excluding diaryl/α,β-unsaturated/α-hetero) is 2. The summed E-state index contributed by atoms with van der Waals surface area (Å²) in [6.07, 6.45) is 5.35. The lowest BCUT2D eigenvalue weighted by atomic mass is 10.0. The largest absolute Gasteiger partial charge is 0.332 e. The number of hydrogen-bond donors (Lipinski definition) is 0. The maximum atomic E-state index is 11.8. The van der Waals surface area contributed by atoms with Crippen LogP contribution in [0, 0.1) is 5.92 Å². The first-order valence-electron chi connectivity index (χ1n) is 4.74. The summed E-state index contributed by atoms with van der Waals surface area (Å²) < 4.78 is 1.66. The zero-order valence-corrected chi connectivity index (χ0v) is 8.06. The van der Waals surface area contributed by atoms with Gasteiger partial charge in [-0.2, -0.15) is 0 Å². The van der Waals surface area contributed by atoms with E-state index in [0.717, 1.165) is 6.42 Å². The molecule has 74 valence electrons. The molecule has 4 nitrogen and oxygen atoms in total. The summed E-state index contributed by atoms with van der Waals surface area (Å²) in [5.41, 5.74) is 0. The molecular formula is C10H12N2O2. The van der Waals surface area contributed by atoms with E-state index in [2.05, 4.69) is 4.98 Å². The molecule has 0 aromatic carbocycles. The van der Waals surface area contributed by atoms with Crippen molar-refractivity contribution in [3.63, 3.8) is 0 Å². The van der Waals surface area contributed by atoms with Gasteiger partial charge in [0.05, 0.1) is 5.92 Å². The number of hydrogen-bond acceptors (Lipinski definition) is 3. The van der Waals surface area contributed by atoms with Crippen molar-refractivity contribution in [2.24, 2.45) is 13.0 Å². The summed E-state index contributed by atoms with van der Waals surface area (Å²) in [4.78, 5) is 27.2. The smallest absolute Gasteiger partial charge is 0.208 e. The summed E-state index contributed by atoms with van der Waals surface area (Å²) in [5.74, 6) is -0.0978. The Labute approximate surface area is 81.9 Å². The minimum absolute atomic E-state index is 0.0676. The molecule has 0 bridgehead atoms. The molecule has 0 N–H and O–H groups in total. The highest BCUT2D eigenvalue weighted by molar-refractivity contribution is 6.09. The Morgan fingerprint density at radius 2 is 2.43 bits per heavy atom. The van der Waals surface area contributed by atoms with E-state index in [1.54, 1.807) is 24.0 Å². The first-order valence-corrected chi connectivity index (χ1v) is 4.74. The monoisotopic (exact) mass is 192 g/mol. The van der Waals surface area contributed by atoms with Crippen LogP contribution >= 0.6 is 0 Å².